The summed E-state index contributed by atoms with van der Waals surface area (Å²) in [5, 5.41) is 21.2. The van der Waals surface area contributed by atoms with Gasteiger partial charge in [-0.15, -0.1) is 0 Å². The van der Waals surface area contributed by atoms with E-state index in [1.807, 2.05) is 0 Å². The molecule has 1 aromatic carbocycles. The van der Waals surface area contributed by atoms with E-state index >= 15 is 0 Å². The minimum atomic E-state index is -4.22. The van der Waals surface area contributed by atoms with Gasteiger partial charge in [-0.3, -0.25) is 9.59 Å². The van der Waals surface area contributed by atoms with Crippen LogP contribution in [-0.2, 0) is 31.0 Å². The van der Waals surface area contributed by atoms with Gasteiger partial charge in [-0.2, -0.15) is 0 Å². The Labute approximate surface area is 226 Å². The van der Waals surface area contributed by atoms with Gasteiger partial charge in [0.1, 0.15) is 18.6 Å². The zero-order chi connectivity index (χ0) is 29.2. The number of oxazole rings is 1. The minimum absolute atomic E-state index is 0.0628. The van der Waals surface area contributed by atoms with Gasteiger partial charge in [-0.05, 0) is 18.6 Å². The van der Waals surface area contributed by atoms with E-state index < -0.39 is 27.8 Å². The summed E-state index contributed by atoms with van der Waals surface area (Å²) in [6.45, 7) is 0.463. The van der Waals surface area contributed by atoms with Crippen molar-refractivity contribution in [1.29, 1.82) is 0 Å². The first-order chi connectivity index (χ1) is 18.1. The Hall–Kier alpha value is -3.88. The lowest BCUT2D eigenvalue weighted by molar-refractivity contribution is -0.864. The SMILES string of the molecule is C[N+](C)(C)CC(=O)[O-].O=C(O)CCCC(=O)Nc1ccc2nc(-c3cc[n+](CCCS(=O)(=O)[O-])cc3)oc2c1. The third-order valence-electron chi connectivity index (χ3n) is 5.02. The van der Waals surface area contributed by atoms with Crippen molar-refractivity contribution in [3.63, 3.8) is 0 Å². The number of nitrogens with one attached hydrogen (secondary N) is 1. The van der Waals surface area contributed by atoms with Crippen molar-refractivity contribution in [2.24, 2.45) is 0 Å². The van der Waals surface area contributed by atoms with Gasteiger partial charge >= 0.3 is 5.97 Å². The zero-order valence-electron chi connectivity index (χ0n) is 22.0. The number of carbonyl (C=O) groups excluding carboxylic acids is 2. The quantitative estimate of drug-likeness (QED) is 0.176. The van der Waals surface area contributed by atoms with Crippen LogP contribution >= 0.6 is 0 Å². The van der Waals surface area contributed by atoms with Gasteiger partial charge in [-0.1, -0.05) is 0 Å². The van der Waals surface area contributed by atoms with E-state index in [9.17, 15) is 32.5 Å². The highest BCUT2D eigenvalue weighted by molar-refractivity contribution is 7.85. The maximum atomic E-state index is 11.9. The fourth-order valence-electron chi connectivity index (χ4n) is 3.31. The number of quaternary nitrogens is 1. The standard InChI is InChI=1S/C20H21N3O7S.C5H11NO2/c24-18(3-1-4-19(25)26)21-15-5-6-16-17(13-15)30-20(22-16)14-7-10-23(11-8-14)9-2-12-31(27,28)29;1-6(2,3)4-5(7)8/h5-8,10-11,13H,1-4,9,12H2,(H2,25,26,27,28,29);4H2,1-3H3. The highest BCUT2D eigenvalue weighted by Crippen LogP contribution is 2.26. The lowest BCUT2D eigenvalue weighted by Crippen LogP contribution is -2.45. The van der Waals surface area contributed by atoms with E-state index in [1.165, 1.54) is 0 Å². The number of rotatable bonds is 12. The molecular formula is C25H32N4O9S. The second-order valence-corrected chi connectivity index (χ2v) is 11.3. The first-order valence-electron chi connectivity index (χ1n) is 12.0. The largest absolute Gasteiger partial charge is 0.748 e. The fraction of sp³-hybridized carbons (Fsp3) is 0.400. The number of benzene rings is 1. The van der Waals surface area contributed by atoms with Gasteiger partial charge in [0.25, 0.3) is 0 Å². The number of nitrogens with zero attached hydrogens (tertiary/aromatic N) is 3. The molecule has 212 valence electrons. The second kappa shape index (κ2) is 13.8. The molecule has 0 unspecified atom stereocenters. The Morgan fingerprint density at radius 3 is 2.28 bits per heavy atom. The van der Waals surface area contributed by atoms with E-state index in [2.05, 4.69) is 10.3 Å². The highest BCUT2D eigenvalue weighted by Gasteiger charge is 2.12. The molecule has 0 fully saturated rings. The summed E-state index contributed by atoms with van der Waals surface area (Å²) in [5.74, 6) is -2.25. The van der Waals surface area contributed by atoms with Gasteiger partial charge in [0.15, 0.2) is 18.0 Å². The molecule has 0 saturated carbocycles. The van der Waals surface area contributed by atoms with Crippen molar-refractivity contribution < 1.29 is 51.0 Å². The summed E-state index contributed by atoms with van der Waals surface area (Å²) in [6, 6.07) is 8.57. The van der Waals surface area contributed by atoms with E-state index in [0.717, 1.165) is 0 Å². The van der Waals surface area contributed by atoms with E-state index in [0.29, 0.717) is 39.3 Å². The number of fused-ring (bicyclic) bond motifs is 1. The second-order valence-electron chi connectivity index (χ2n) is 9.76. The van der Waals surface area contributed by atoms with E-state index in [1.54, 1.807) is 68.4 Å². The Morgan fingerprint density at radius 1 is 1.08 bits per heavy atom. The maximum absolute atomic E-state index is 11.9. The third-order valence-corrected chi connectivity index (χ3v) is 5.81. The topological polar surface area (TPSA) is 194 Å². The summed E-state index contributed by atoms with van der Waals surface area (Å²) < 4.78 is 40.0. The number of anilines is 1. The summed E-state index contributed by atoms with van der Waals surface area (Å²) in [7, 11) is 1.19. The van der Waals surface area contributed by atoms with E-state index in [4.69, 9.17) is 9.52 Å². The van der Waals surface area contributed by atoms with Crippen molar-refractivity contribution in [3.05, 3.63) is 42.7 Å². The molecular weight excluding hydrogens is 532 g/mol. The van der Waals surface area contributed by atoms with Crippen LogP contribution in [0.15, 0.2) is 47.1 Å². The van der Waals surface area contributed by atoms with Crippen LogP contribution in [0.25, 0.3) is 22.6 Å². The van der Waals surface area contributed by atoms with Crippen molar-refractivity contribution in [2.75, 3.05) is 38.8 Å². The first kappa shape index (κ1) is 31.3. The molecule has 2 aromatic heterocycles. The van der Waals surface area contributed by atoms with Gasteiger partial charge < -0.3 is 33.8 Å². The summed E-state index contributed by atoms with van der Waals surface area (Å²) in [6.07, 6.45) is 4.01. The molecule has 39 heavy (non-hydrogen) atoms. The number of pyridine rings is 1. The smallest absolute Gasteiger partial charge is 0.303 e. The normalized spacial score (nSPS) is 11.5. The van der Waals surface area contributed by atoms with Crippen molar-refractivity contribution in [3.8, 4) is 11.5 Å². The number of carbonyl (C=O) groups is 3. The zero-order valence-corrected chi connectivity index (χ0v) is 22.8. The average Bonchev–Trinajstić information content (AvgIpc) is 3.20. The van der Waals surface area contributed by atoms with Crippen LogP contribution in [0.1, 0.15) is 25.7 Å². The molecule has 0 radical (unpaired) electrons. The molecule has 0 aliphatic rings. The van der Waals surface area contributed by atoms with Crippen LogP contribution in [0, 0.1) is 0 Å². The molecule has 0 aliphatic carbocycles. The van der Waals surface area contributed by atoms with Gasteiger partial charge in [0, 0.05) is 54.5 Å². The number of aliphatic carboxylic acids is 2. The number of hydrogen-bond donors (Lipinski definition) is 2. The molecule has 1 amide bonds. The molecule has 0 bridgehead atoms. The van der Waals surface area contributed by atoms with Crippen LogP contribution in [0.5, 0.6) is 0 Å². The Balaban J connectivity index is 0.000000580. The molecule has 0 aliphatic heterocycles. The predicted octanol–water partition coefficient (Wildman–Crippen LogP) is 0.354. The van der Waals surface area contributed by atoms with Crippen LogP contribution in [0.2, 0.25) is 0 Å². The first-order valence-corrected chi connectivity index (χ1v) is 13.5. The van der Waals surface area contributed by atoms with E-state index in [-0.39, 0.29) is 38.1 Å². The summed E-state index contributed by atoms with van der Waals surface area (Å²) in [4.78, 5) is 36.7. The number of aryl methyl sites for hydroxylation is 1. The molecule has 3 aromatic rings. The Bertz CT molecular complexity index is 1400. The van der Waals surface area contributed by atoms with Crippen molar-refractivity contribution >= 4 is 44.8 Å². The van der Waals surface area contributed by atoms with Crippen molar-refractivity contribution in [2.45, 2.75) is 32.2 Å². The number of carboxylic acids is 2. The molecule has 3 rings (SSSR count). The van der Waals surface area contributed by atoms with Crippen LogP contribution in [-0.4, -0.2) is 78.8 Å². The lowest BCUT2D eigenvalue weighted by atomic mass is 10.2. The molecule has 2 N–H and O–H groups in total. The molecule has 0 spiro atoms. The summed E-state index contributed by atoms with van der Waals surface area (Å²) in [5.41, 5.74) is 2.32. The molecule has 14 heteroatoms. The Morgan fingerprint density at radius 2 is 1.74 bits per heavy atom. The van der Waals surface area contributed by atoms with Crippen LogP contribution in [0.4, 0.5) is 5.69 Å². The highest BCUT2D eigenvalue weighted by atomic mass is 32.2. The number of likely N-dealkylation sites (N-methyl/N-ethyl adjacent to an activating group) is 1. The van der Waals surface area contributed by atoms with Crippen LogP contribution < -0.4 is 15.0 Å². The molecule has 2 heterocycles. The van der Waals surface area contributed by atoms with Crippen LogP contribution in [0.3, 0.4) is 0 Å². The van der Waals surface area contributed by atoms with Gasteiger partial charge in [0.05, 0.1) is 37.2 Å². The monoisotopic (exact) mass is 564 g/mol. The molecule has 0 atom stereocenters. The fourth-order valence-corrected chi connectivity index (χ4v) is 3.79. The van der Waals surface area contributed by atoms with Gasteiger partial charge in [0.2, 0.25) is 11.8 Å². The average molecular weight is 565 g/mol. The Kier molecular flexibility index (Phi) is 11.1. The lowest BCUT2D eigenvalue weighted by Gasteiger charge is -2.23. The third kappa shape index (κ3) is 12.5. The number of hydrogen-bond acceptors (Lipinski definition) is 9. The number of aromatic nitrogens is 2. The van der Waals surface area contributed by atoms with Crippen molar-refractivity contribution in [1.82, 2.24) is 4.98 Å². The predicted molar refractivity (Wildman–Crippen MR) is 137 cm³/mol. The van der Waals surface area contributed by atoms with Gasteiger partial charge in [-0.25, -0.2) is 18.0 Å². The molecule has 0 saturated heterocycles. The molecule has 13 nitrogen and oxygen atoms in total. The maximum Gasteiger partial charge on any atom is 0.303 e. The summed E-state index contributed by atoms with van der Waals surface area (Å²) >= 11 is 0. The minimum Gasteiger partial charge on any atom is -0.748 e. The number of amides is 1. The number of carboxylic acid groups (broad SMARTS) is 2.